The number of carboxylic acids is 1. The van der Waals surface area contributed by atoms with E-state index in [0.29, 0.717) is 27.1 Å². The number of carboxylic acid groups (broad SMARTS) is 1. The maximum Gasteiger partial charge on any atom is 0.330 e. The second-order valence-corrected chi connectivity index (χ2v) is 8.26. The minimum absolute atomic E-state index is 0.202. The van der Waals surface area contributed by atoms with Gasteiger partial charge in [0, 0.05) is 28.5 Å². The maximum absolute atomic E-state index is 14.1. The number of hydrogen-bond donors (Lipinski definition) is 2. The Hall–Kier alpha value is -1.99. The lowest BCUT2D eigenvalue weighted by molar-refractivity contribution is -0.190. The van der Waals surface area contributed by atoms with Gasteiger partial charge in [0.1, 0.15) is 11.4 Å². The van der Waals surface area contributed by atoms with Crippen molar-refractivity contribution in [2.45, 2.75) is 45.8 Å². The molecule has 0 aliphatic heterocycles. The fourth-order valence-electron chi connectivity index (χ4n) is 3.76. The first-order valence-electron chi connectivity index (χ1n) is 8.51. The van der Waals surface area contributed by atoms with Crippen LogP contribution in [0.5, 0.6) is 0 Å². The van der Waals surface area contributed by atoms with E-state index in [1.165, 1.54) is 17.4 Å². The molecule has 2 atom stereocenters. The number of rotatable bonds is 5. The molecule has 1 aromatic heterocycles. The minimum atomic E-state index is -1.41. The van der Waals surface area contributed by atoms with E-state index in [0.717, 1.165) is 0 Å². The van der Waals surface area contributed by atoms with Gasteiger partial charge < -0.3 is 15.2 Å². The quantitative estimate of drug-likeness (QED) is 0.830. The van der Waals surface area contributed by atoms with Gasteiger partial charge in [0.15, 0.2) is 0 Å². The molecule has 0 bridgehead atoms. The van der Waals surface area contributed by atoms with Crippen molar-refractivity contribution in [3.8, 4) is 0 Å². The average Bonchev–Trinajstić information content (AvgIpc) is 2.91. The van der Waals surface area contributed by atoms with Crippen molar-refractivity contribution >= 4 is 33.3 Å². The zero-order valence-corrected chi connectivity index (χ0v) is 16.0. The molecular weight excluding hydrogens is 357 g/mol. The van der Waals surface area contributed by atoms with Crippen molar-refractivity contribution in [2.75, 3.05) is 6.61 Å². The number of ether oxygens (including phenoxy) is 1. The predicted molar refractivity (Wildman–Crippen MR) is 98.2 cm³/mol. The molecule has 0 saturated heterocycles. The van der Waals surface area contributed by atoms with Crippen LogP contribution in [-0.4, -0.2) is 35.2 Å². The lowest BCUT2D eigenvalue weighted by Gasteiger charge is -2.58. The maximum atomic E-state index is 14.1. The number of thiophene rings is 1. The molecule has 7 heteroatoms. The van der Waals surface area contributed by atoms with E-state index < -0.39 is 22.8 Å². The van der Waals surface area contributed by atoms with Gasteiger partial charge in [0.2, 0.25) is 0 Å². The summed E-state index contributed by atoms with van der Waals surface area (Å²) < 4.78 is 20.4. The second kappa shape index (κ2) is 6.32. The number of aryl methyl sites for hydroxylation is 1. The van der Waals surface area contributed by atoms with Crippen LogP contribution in [0.3, 0.4) is 0 Å². The summed E-state index contributed by atoms with van der Waals surface area (Å²) in [6, 6.07) is 4.69. The Morgan fingerprint density at radius 1 is 1.42 bits per heavy atom. The number of aliphatic carboxylic acids is 1. The van der Waals surface area contributed by atoms with E-state index >= 15 is 0 Å². The Kier molecular flexibility index (Phi) is 4.56. The van der Waals surface area contributed by atoms with Gasteiger partial charge in [-0.1, -0.05) is 19.9 Å². The van der Waals surface area contributed by atoms with Crippen molar-refractivity contribution in [1.82, 2.24) is 5.32 Å². The molecule has 1 fully saturated rings. The van der Waals surface area contributed by atoms with Crippen LogP contribution >= 0.6 is 11.3 Å². The molecule has 5 nitrogen and oxygen atoms in total. The lowest BCUT2D eigenvalue weighted by Crippen LogP contribution is -2.76. The number of fused-ring (bicyclic) bond motifs is 1. The normalized spacial score (nSPS) is 24.3. The van der Waals surface area contributed by atoms with Crippen molar-refractivity contribution in [3.63, 3.8) is 0 Å². The number of benzene rings is 1. The molecule has 2 N–H and O–H groups in total. The number of carbonyl (C=O) groups is 2. The summed E-state index contributed by atoms with van der Waals surface area (Å²) >= 11 is 1.17. The summed E-state index contributed by atoms with van der Waals surface area (Å²) in [7, 11) is 0. The summed E-state index contributed by atoms with van der Waals surface area (Å²) in [5, 5.41) is 13.0. The summed E-state index contributed by atoms with van der Waals surface area (Å²) in [5.41, 5.74) is -1.65. The van der Waals surface area contributed by atoms with Crippen LogP contribution in [0, 0.1) is 18.2 Å². The highest BCUT2D eigenvalue weighted by Gasteiger charge is 2.66. The highest BCUT2D eigenvalue weighted by atomic mass is 32.1. The fourth-order valence-corrected chi connectivity index (χ4v) is 4.88. The van der Waals surface area contributed by atoms with Gasteiger partial charge in [0.25, 0.3) is 5.91 Å². The van der Waals surface area contributed by atoms with Crippen LogP contribution in [0.2, 0.25) is 0 Å². The van der Waals surface area contributed by atoms with Crippen molar-refractivity contribution < 1.29 is 23.8 Å². The van der Waals surface area contributed by atoms with Gasteiger partial charge in [-0.3, -0.25) is 4.79 Å². The largest absolute Gasteiger partial charge is 0.479 e. The van der Waals surface area contributed by atoms with Gasteiger partial charge in [-0.05, 0) is 31.5 Å². The van der Waals surface area contributed by atoms with Gasteiger partial charge in [-0.15, -0.1) is 11.3 Å². The summed E-state index contributed by atoms with van der Waals surface area (Å²) in [5.74, 6) is -1.96. The zero-order chi connectivity index (χ0) is 19.3. The molecule has 140 valence electrons. The van der Waals surface area contributed by atoms with Gasteiger partial charge >= 0.3 is 5.97 Å². The monoisotopic (exact) mass is 379 g/mol. The topological polar surface area (TPSA) is 75.6 Å². The van der Waals surface area contributed by atoms with Gasteiger partial charge in [-0.2, -0.15) is 0 Å². The fraction of sp³-hybridized carbons (Fsp3) is 0.474. The van der Waals surface area contributed by atoms with Crippen molar-refractivity contribution in [3.05, 3.63) is 34.5 Å². The summed E-state index contributed by atoms with van der Waals surface area (Å²) in [4.78, 5) is 25.2. The molecule has 1 aliphatic rings. The molecule has 2 aromatic rings. The van der Waals surface area contributed by atoms with E-state index in [1.54, 1.807) is 32.9 Å². The highest BCUT2D eigenvalue weighted by Crippen LogP contribution is 2.52. The van der Waals surface area contributed by atoms with Crippen LogP contribution in [0.4, 0.5) is 4.39 Å². The summed E-state index contributed by atoms with van der Waals surface area (Å²) in [6.07, 6.45) is -0.0439. The van der Waals surface area contributed by atoms with E-state index in [2.05, 4.69) is 5.32 Å². The Bertz CT molecular complexity index is 891. The first-order valence-corrected chi connectivity index (χ1v) is 9.32. The third-order valence-electron chi connectivity index (χ3n) is 5.57. The number of amides is 1. The van der Waals surface area contributed by atoms with E-state index in [4.69, 9.17) is 4.74 Å². The SMILES string of the molecule is CCOC1CC(NC(=O)c2sc3cccc(F)c3c2C)(C(=O)O)C1(C)C. The molecule has 3 rings (SSSR count). The highest BCUT2D eigenvalue weighted by molar-refractivity contribution is 7.21. The van der Waals surface area contributed by atoms with Gasteiger partial charge in [-0.25, -0.2) is 9.18 Å². The molecule has 0 radical (unpaired) electrons. The van der Waals surface area contributed by atoms with Crippen LogP contribution in [0.15, 0.2) is 18.2 Å². The average molecular weight is 379 g/mol. The Balaban J connectivity index is 1.95. The lowest BCUT2D eigenvalue weighted by atomic mass is 9.54. The van der Waals surface area contributed by atoms with Crippen molar-refractivity contribution in [2.24, 2.45) is 5.41 Å². The third kappa shape index (κ3) is 2.53. The Labute approximate surface area is 155 Å². The zero-order valence-electron chi connectivity index (χ0n) is 15.2. The molecule has 26 heavy (non-hydrogen) atoms. The standard InChI is InChI=1S/C19H22FNO4S/c1-5-25-13-9-19(17(23)24,18(13,3)4)21-16(22)15-10(2)14-11(20)7-6-8-12(14)26-15/h6-8,13H,5,9H2,1-4H3,(H,21,22)(H,23,24). The Morgan fingerprint density at radius 3 is 2.65 bits per heavy atom. The van der Waals surface area contributed by atoms with Crippen LogP contribution < -0.4 is 5.32 Å². The van der Waals surface area contributed by atoms with Crippen LogP contribution in [-0.2, 0) is 9.53 Å². The van der Waals surface area contributed by atoms with Crippen LogP contribution in [0.25, 0.3) is 10.1 Å². The molecular formula is C19H22FNO4S. The van der Waals surface area contributed by atoms with Crippen molar-refractivity contribution in [1.29, 1.82) is 0 Å². The van der Waals surface area contributed by atoms with E-state index in [1.807, 2.05) is 6.92 Å². The first kappa shape index (κ1) is 18.8. The third-order valence-corrected chi connectivity index (χ3v) is 6.82. The number of nitrogens with one attached hydrogen (secondary N) is 1. The molecule has 1 aliphatic carbocycles. The second-order valence-electron chi connectivity index (χ2n) is 7.20. The molecule has 1 saturated carbocycles. The Morgan fingerprint density at radius 2 is 2.12 bits per heavy atom. The predicted octanol–water partition coefficient (Wildman–Crippen LogP) is 3.74. The first-order chi connectivity index (χ1) is 12.2. The molecule has 0 spiro atoms. The smallest absolute Gasteiger partial charge is 0.330 e. The minimum Gasteiger partial charge on any atom is -0.479 e. The molecule has 1 amide bonds. The summed E-state index contributed by atoms with van der Waals surface area (Å²) in [6.45, 7) is 7.57. The van der Waals surface area contributed by atoms with Gasteiger partial charge in [0.05, 0.1) is 11.0 Å². The number of carbonyl (C=O) groups excluding carboxylic acids is 1. The molecule has 2 unspecified atom stereocenters. The molecule has 1 aromatic carbocycles. The van der Waals surface area contributed by atoms with E-state index in [-0.39, 0.29) is 18.3 Å². The number of hydrogen-bond acceptors (Lipinski definition) is 4. The molecule has 1 heterocycles. The number of halogens is 1. The van der Waals surface area contributed by atoms with Crippen LogP contribution in [0.1, 0.15) is 42.4 Å². The van der Waals surface area contributed by atoms with E-state index in [9.17, 15) is 19.1 Å².